The van der Waals surface area contributed by atoms with Gasteiger partial charge >= 0.3 is 11.7 Å². The lowest BCUT2D eigenvalue weighted by Gasteiger charge is -2.08. The summed E-state index contributed by atoms with van der Waals surface area (Å²) in [6.45, 7) is 0.191. The Labute approximate surface area is 82.3 Å². The highest BCUT2D eigenvalue weighted by molar-refractivity contribution is 5.75. The van der Waals surface area contributed by atoms with Crippen molar-refractivity contribution in [1.29, 1.82) is 0 Å². The highest BCUT2D eigenvalue weighted by Gasteiger charge is 2.29. The summed E-state index contributed by atoms with van der Waals surface area (Å²) in [6, 6.07) is -0.844. The Morgan fingerprint density at radius 3 is 2.80 bits per heavy atom. The molecule has 1 aromatic heterocycles. The minimum atomic E-state index is -1.10. The van der Waals surface area contributed by atoms with Gasteiger partial charge < -0.3 is 4.74 Å². The Morgan fingerprint density at radius 2 is 2.20 bits per heavy atom. The third-order valence-corrected chi connectivity index (χ3v) is 2.17. The van der Waals surface area contributed by atoms with E-state index in [-0.39, 0.29) is 6.61 Å². The van der Waals surface area contributed by atoms with Crippen LogP contribution < -0.4 is 11.2 Å². The molecule has 2 rings (SSSR count). The first-order valence-corrected chi connectivity index (χ1v) is 4.27. The second-order valence-corrected chi connectivity index (χ2v) is 3.12. The van der Waals surface area contributed by atoms with Crippen LogP contribution in [0.1, 0.15) is 12.5 Å². The molecule has 1 aliphatic heterocycles. The number of halogens is 1. The van der Waals surface area contributed by atoms with Gasteiger partial charge in [-0.25, -0.2) is 9.59 Å². The molecule has 15 heavy (non-hydrogen) atoms. The van der Waals surface area contributed by atoms with Crippen LogP contribution in [0, 0.1) is 5.82 Å². The maximum atomic E-state index is 12.9. The molecule has 0 spiro atoms. The molecule has 1 atom stereocenters. The smallest absolute Gasteiger partial charge is 0.329 e. The first-order valence-electron chi connectivity index (χ1n) is 4.27. The Bertz CT molecular complexity index is 518. The highest BCUT2D eigenvalue weighted by Crippen LogP contribution is 2.17. The van der Waals surface area contributed by atoms with Gasteiger partial charge in [0.2, 0.25) is 5.82 Å². The van der Waals surface area contributed by atoms with E-state index in [1.165, 1.54) is 0 Å². The average Bonchev–Trinajstić information content (AvgIpc) is 2.58. The lowest BCUT2D eigenvalue weighted by Crippen LogP contribution is -2.35. The number of nitrogens with zero attached hydrogens (tertiary/aromatic N) is 1. The van der Waals surface area contributed by atoms with E-state index in [1.807, 2.05) is 0 Å². The Kier molecular flexibility index (Phi) is 2.14. The van der Waals surface area contributed by atoms with Gasteiger partial charge in [0, 0.05) is 6.42 Å². The van der Waals surface area contributed by atoms with E-state index < -0.39 is 29.1 Å². The number of H-pyrrole nitrogens is 1. The minimum absolute atomic E-state index is 0.191. The van der Waals surface area contributed by atoms with Gasteiger partial charge in [-0.05, 0) is 0 Å². The molecule has 0 bridgehead atoms. The number of carbonyl (C=O) groups is 1. The number of aromatic amines is 1. The molecular formula is C8H7FN2O4. The largest absolute Gasteiger partial charge is 0.464 e. The first-order chi connectivity index (χ1) is 7.09. The van der Waals surface area contributed by atoms with Crippen LogP contribution in [0.25, 0.3) is 0 Å². The van der Waals surface area contributed by atoms with Crippen LogP contribution in [0.2, 0.25) is 0 Å². The standard InChI is InChI=1S/C8H7FN2O4/c9-4-3-11(8(14)10-6(4)12)5-1-2-15-7(5)13/h3,5H,1-2H2,(H,10,12,14). The van der Waals surface area contributed by atoms with E-state index in [4.69, 9.17) is 0 Å². The summed E-state index contributed by atoms with van der Waals surface area (Å²) in [5, 5.41) is 0. The van der Waals surface area contributed by atoms with Gasteiger partial charge in [-0.3, -0.25) is 14.3 Å². The van der Waals surface area contributed by atoms with Crippen LogP contribution in [-0.2, 0) is 9.53 Å². The van der Waals surface area contributed by atoms with Crippen molar-refractivity contribution in [2.75, 3.05) is 6.61 Å². The predicted molar refractivity (Wildman–Crippen MR) is 45.9 cm³/mol. The number of ether oxygens (including phenoxy) is 1. The third kappa shape index (κ3) is 1.56. The van der Waals surface area contributed by atoms with E-state index >= 15 is 0 Å². The van der Waals surface area contributed by atoms with E-state index in [1.54, 1.807) is 4.98 Å². The van der Waals surface area contributed by atoms with Crippen molar-refractivity contribution in [3.63, 3.8) is 0 Å². The fourth-order valence-electron chi connectivity index (χ4n) is 1.43. The number of rotatable bonds is 1. The number of hydrogen-bond donors (Lipinski definition) is 1. The lowest BCUT2D eigenvalue weighted by atomic mass is 10.2. The fourth-order valence-corrected chi connectivity index (χ4v) is 1.43. The summed E-state index contributed by atoms with van der Waals surface area (Å²) >= 11 is 0. The number of carbonyl (C=O) groups excluding carboxylic acids is 1. The van der Waals surface area contributed by atoms with Crippen molar-refractivity contribution in [3.8, 4) is 0 Å². The molecule has 2 heterocycles. The normalized spacial score (nSPS) is 20.3. The molecule has 1 unspecified atom stereocenters. The van der Waals surface area contributed by atoms with E-state index in [9.17, 15) is 18.8 Å². The van der Waals surface area contributed by atoms with Crippen molar-refractivity contribution in [2.45, 2.75) is 12.5 Å². The molecule has 0 radical (unpaired) electrons. The predicted octanol–water partition coefficient (Wildman–Crippen LogP) is -0.836. The van der Waals surface area contributed by atoms with Gasteiger partial charge in [-0.1, -0.05) is 0 Å². The number of hydrogen-bond acceptors (Lipinski definition) is 4. The van der Waals surface area contributed by atoms with Gasteiger partial charge in [0.15, 0.2) is 0 Å². The fraction of sp³-hybridized carbons (Fsp3) is 0.375. The Balaban J connectivity index is 2.53. The molecular weight excluding hydrogens is 207 g/mol. The summed E-state index contributed by atoms with van der Waals surface area (Å²) in [4.78, 5) is 34.9. The minimum Gasteiger partial charge on any atom is -0.464 e. The third-order valence-electron chi connectivity index (χ3n) is 2.17. The molecule has 0 aromatic carbocycles. The summed E-state index contributed by atoms with van der Waals surface area (Å²) in [6.07, 6.45) is 1.02. The van der Waals surface area contributed by atoms with Crippen LogP contribution >= 0.6 is 0 Å². The zero-order valence-corrected chi connectivity index (χ0v) is 7.53. The van der Waals surface area contributed by atoms with Crippen LogP contribution in [0.4, 0.5) is 4.39 Å². The second-order valence-electron chi connectivity index (χ2n) is 3.12. The zero-order chi connectivity index (χ0) is 11.0. The molecule has 0 saturated carbocycles. The maximum absolute atomic E-state index is 12.9. The van der Waals surface area contributed by atoms with E-state index in [2.05, 4.69) is 4.74 Å². The average molecular weight is 214 g/mol. The van der Waals surface area contributed by atoms with Crippen LogP contribution in [-0.4, -0.2) is 22.1 Å². The van der Waals surface area contributed by atoms with E-state index in [0.29, 0.717) is 6.42 Å². The van der Waals surface area contributed by atoms with Crippen LogP contribution in [0.15, 0.2) is 15.8 Å². The topological polar surface area (TPSA) is 81.2 Å². The molecule has 1 saturated heterocycles. The summed E-state index contributed by atoms with van der Waals surface area (Å²) in [7, 11) is 0. The zero-order valence-electron chi connectivity index (χ0n) is 7.53. The first kappa shape index (κ1) is 9.63. The van der Waals surface area contributed by atoms with Gasteiger partial charge in [-0.15, -0.1) is 0 Å². The summed E-state index contributed by atoms with van der Waals surface area (Å²) in [5.74, 6) is -1.70. The molecule has 80 valence electrons. The molecule has 0 amide bonds. The van der Waals surface area contributed by atoms with Gasteiger partial charge in [0.05, 0.1) is 12.8 Å². The highest BCUT2D eigenvalue weighted by atomic mass is 19.1. The Morgan fingerprint density at radius 1 is 1.47 bits per heavy atom. The molecule has 1 N–H and O–H groups in total. The molecule has 1 aromatic rings. The number of nitrogens with one attached hydrogen (secondary N) is 1. The number of esters is 1. The van der Waals surface area contributed by atoms with Crippen molar-refractivity contribution in [2.24, 2.45) is 0 Å². The van der Waals surface area contributed by atoms with Crippen molar-refractivity contribution in [1.82, 2.24) is 9.55 Å². The molecule has 1 aliphatic rings. The molecule has 1 fully saturated rings. The van der Waals surface area contributed by atoms with Crippen molar-refractivity contribution >= 4 is 5.97 Å². The Hall–Kier alpha value is -1.92. The summed E-state index contributed by atoms with van der Waals surface area (Å²) in [5.41, 5.74) is -1.91. The summed E-state index contributed by atoms with van der Waals surface area (Å²) < 4.78 is 18.4. The van der Waals surface area contributed by atoms with Gasteiger partial charge in [0.1, 0.15) is 6.04 Å². The molecule has 6 nitrogen and oxygen atoms in total. The monoisotopic (exact) mass is 214 g/mol. The molecule has 0 aliphatic carbocycles. The van der Waals surface area contributed by atoms with Crippen molar-refractivity contribution in [3.05, 3.63) is 32.9 Å². The maximum Gasteiger partial charge on any atom is 0.329 e. The van der Waals surface area contributed by atoms with Gasteiger partial charge in [-0.2, -0.15) is 4.39 Å². The SMILES string of the molecule is O=C1OCCC1n1cc(F)c(=O)[nH]c1=O. The number of cyclic esters (lactones) is 1. The van der Waals surface area contributed by atoms with Gasteiger partial charge in [0.25, 0.3) is 5.56 Å². The van der Waals surface area contributed by atoms with Crippen molar-refractivity contribution < 1.29 is 13.9 Å². The number of aromatic nitrogens is 2. The quantitative estimate of drug-likeness (QED) is 0.618. The van der Waals surface area contributed by atoms with E-state index in [0.717, 1.165) is 10.8 Å². The lowest BCUT2D eigenvalue weighted by molar-refractivity contribution is -0.140. The van der Waals surface area contributed by atoms with Crippen LogP contribution in [0.3, 0.4) is 0 Å². The van der Waals surface area contributed by atoms with Crippen LogP contribution in [0.5, 0.6) is 0 Å². The molecule has 7 heteroatoms. The second kappa shape index (κ2) is 3.34.